The van der Waals surface area contributed by atoms with Gasteiger partial charge in [0.1, 0.15) is 23.2 Å². The smallest absolute Gasteiger partial charge is 0.342 e. The number of amides is 1. The number of cyclic esters (lactones) is 1. The molecule has 8 heteroatoms. The normalized spacial score (nSPS) is 18.7. The van der Waals surface area contributed by atoms with Crippen molar-refractivity contribution >= 4 is 17.6 Å². The maximum absolute atomic E-state index is 12.8. The number of fused-ring (bicyclic) bond motifs is 1. The summed E-state index contributed by atoms with van der Waals surface area (Å²) in [5, 5.41) is 24.6. The van der Waals surface area contributed by atoms with Gasteiger partial charge in [-0.3, -0.25) is 4.79 Å². The van der Waals surface area contributed by atoms with Crippen LogP contribution in [0.25, 0.3) is 0 Å². The summed E-state index contributed by atoms with van der Waals surface area (Å²) in [6, 6.07) is 2.50. The molecular formula is C25H34N2O6. The topological polar surface area (TPSA) is 109 Å². The second-order valence-corrected chi connectivity index (χ2v) is 8.05. The third-order valence-electron chi connectivity index (χ3n) is 5.31. The van der Waals surface area contributed by atoms with E-state index in [0.29, 0.717) is 30.8 Å². The number of ether oxygens (including phenoxy) is 1. The number of nitrogens with zero attached hydrogens (tertiary/aromatic N) is 2. The molecule has 1 amide bonds. The number of aromatic hydroxyl groups is 2. The van der Waals surface area contributed by atoms with Gasteiger partial charge in [-0.1, -0.05) is 22.9 Å². The largest absolute Gasteiger partial charge is 0.508 e. The van der Waals surface area contributed by atoms with E-state index in [9.17, 15) is 19.8 Å². The van der Waals surface area contributed by atoms with Crippen LogP contribution in [-0.4, -0.2) is 58.5 Å². The lowest BCUT2D eigenvalue weighted by atomic mass is 9.98. The Morgan fingerprint density at radius 3 is 2.67 bits per heavy atom. The first-order chi connectivity index (χ1) is 15.7. The Labute approximate surface area is 195 Å². The summed E-state index contributed by atoms with van der Waals surface area (Å²) in [7, 11) is 0. The fourth-order valence-electron chi connectivity index (χ4n) is 3.55. The minimum atomic E-state index is -0.682. The summed E-state index contributed by atoms with van der Waals surface area (Å²) in [5.41, 5.74) is 1.81. The van der Waals surface area contributed by atoms with Crippen LogP contribution in [0.1, 0.15) is 62.9 Å². The highest BCUT2D eigenvalue weighted by atomic mass is 16.6. The van der Waals surface area contributed by atoms with Crippen LogP contribution in [-0.2, 0) is 20.8 Å². The maximum atomic E-state index is 12.8. The first kappa shape index (κ1) is 26.0. The number of hydrogen-bond donors (Lipinski definition) is 2. The van der Waals surface area contributed by atoms with Crippen LogP contribution in [0, 0.1) is 0 Å². The quantitative estimate of drug-likeness (QED) is 0.390. The third kappa shape index (κ3) is 7.97. The molecule has 0 bridgehead atoms. The first-order valence-electron chi connectivity index (χ1n) is 11.3. The number of esters is 1. The lowest BCUT2D eigenvalue weighted by Gasteiger charge is -2.18. The van der Waals surface area contributed by atoms with Crippen molar-refractivity contribution in [1.82, 2.24) is 4.90 Å². The summed E-state index contributed by atoms with van der Waals surface area (Å²) in [4.78, 5) is 32.0. The molecule has 0 spiro atoms. The second kappa shape index (κ2) is 12.7. The van der Waals surface area contributed by atoms with E-state index >= 15 is 0 Å². The molecule has 0 unspecified atom stereocenters. The monoisotopic (exact) mass is 458 g/mol. The van der Waals surface area contributed by atoms with Crippen molar-refractivity contribution in [2.75, 3.05) is 19.7 Å². The van der Waals surface area contributed by atoms with Gasteiger partial charge in [-0.2, -0.15) is 0 Å². The van der Waals surface area contributed by atoms with Crippen LogP contribution in [0.3, 0.4) is 0 Å². The Balaban J connectivity index is 2.41. The van der Waals surface area contributed by atoms with E-state index in [-0.39, 0.29) is 42.1 Å². The Morgan fingerprint density at radius 1 is 1.24 bits per heavy atom. The molecule has 1 heterocycles. The molecule has 1 atom stereocenters. The van der Waals surface area contributed by atoms with Gasteiger partial charge in [0.25, 0.3) is 5.91 Å². The zero-order chi connectivity index (χ0) is 24.4. The van der Waals surface area contributed by atoms with Gasteiger partial charge in [0.2, 0.25) is 0 Å². The number of carbonyl (C=O) groups excluding carboxylic acids is 2. The second-order valence-electron chi connectivity index (χ2n) is 8.05. The number of allylic oxidation sites excluding steroid dienone is 3. The van der Waals surface area contributed by atoms with Crippen molar-refractivity contribution in [3.05, 3.63) is 47.1 Å². The number of hydrogen-bond acceptors (Lipinski definition) is 7. The van der Waals surface area contributed by atoms with Crippen molar-refractivity contribution in [1.29, 1.82) is 0 Å². The Bertz CT molecular complexity index is 931. The van der Waals surface area contributed by atoms with Crippen LogP contribution in [0.4, 0.5) is 0 Å². The van der Waals surface area contributed by atoms with Crippen LogP contribution in [0.15, 0.2) is 41.1 Å². The SMILES string of the molecule is CCN(CC)C(=O)CON=C1C=C(C)CCC=CC[C@@H](C)OC(=O)c2c(O)cc(O)cc2C1. The van der Waals surface area contributed by atoms with E-state index in [0.717, 1.165) is 24.5 Å². The standard InChI is InChI=1S/C25H34N2O6/c1-5-27(6-2)23(30)16-32-26-20-12-17(3)10-8-7-9-11-18(4)33-25(31)24-19(13-20)14-21(28)15-22(24)29/h7,9,12,14-15,18,28-29H,5-6,8,10-11,13,16H2,1-4H3/t18-/m1/s1. The van der Waals surface area contributed by atoms with E-state index in [1.54, 1.807) is 11.8 Å². The molecule has 1 aliphatic heterocycles. The zero-order valence-electron chi connectivity index (χ0n) is 19.8. The average Bonchev–Trinajstić information content (AvgIpc) is 2.73. The van der Waals surface area contributed by atoms with Gasteiger partial charge < -0.3 is 24.7 Å². The summed E-state index contributed by atoms with van der Waals surface area (Å²) < 4.78 is 5.49. The van der Waals surface area contributed by atoms with Gasteiger partial charge in [-0.15, -0.1) is 0 Å². The van der Waals surface area contributed by atoms with Gasteiger partial charge in [0, 0.05) is 32.0 Å². The van der Waals surface area contributed by atoms with Crippen LogP contribution in [0.2, 0.25) is 0 Å². The molecule has 8 nitrogen and oxygen atoms in total. The molecule has 0 aromatic heterocycles. The average molecular weight is 459 g/mol. The fourth-order valence-corrected chi connectivity index (χ4v) is 3.55. The highest BCUT2D eigenvalue weighted by Gasteiger charge is 2.22. The molecule has 1 aromatic rings. The minimum Gasteiger partial charge on any atom is -0.508 e. The van der Waals surface area contributed by atoms with Crippen molar-refractivity contribution in [2.24, 2.45) is 5.16 Å². The van der Waals surface area contributed by atoms with Crippen molar-refractivity contribution in [3.8, 4) is 11.5 Å². The lowest BCUT2D eigenvalue weighted by molar-refractivity contribution is -0.135. The third-order valence-corrected chi connectivity index (χ3v) is 5.31. The van der Waals surface area contributed by atoms with E-state index in [1.807, 2.05) is 39.0 Å². The van der Waals surface area contributed by atoms with E-state index in [2.05, 4.69) is 5.16 Å². The molecule has 0 fully saturated rings. The molecular weight excluding hydrogens is 424 g/mol. The number of oxime groups is 1. The van der Waals surface area contributed by atoms with Crippen molar-refractivity contribution in [2.45, 2.75) is 59.5 Å². The molecule has 0 aliphatic carbocycles. The summed E-state index contributed by atoms with van der Waals surface area (Å²) in [5.74, 6) is -1.42. The summed E-state index contributed by atoms with van der Waals surface area (Å²) in [6.07, 6.45) is 7.71. The van der Waals surface area contributed by atoms with E-state index < -0.39 is 5.97 Å². The van der Waals surface area contributed by atoms with Crippen LogP contribution in [0.5, 0.6) is 11.5 Å². The van der Waals surface area contributed by atoms with Gasteiger partial charge >= 0.3 is 5.97 Å². The molecule has 0 radical (unpaired) electrons. The number of likely N-dealkylation sites (N-methyl/N-ethyl adjacent to an activating group) is 1. The van der Waals surface area contributed by atoms with Gasteiger partial charge in [0.05, 0.1) is 5.71 Å². The molecule has 1 aliphatic rings. The predicted octanol–water partition coefficient (Wildman–Crippen LogP) is 4.11. The number of phenolic OH excluding ortho intramolecular Hbond substituents is 2. The Kier molecular flexibility index (Phi) is 9.97. The minimum absolute atomic E-state index is 0.0290. The molecule has 0 saturated carbocycles. The highest BCUT2D eigenvalue weighted by Crippen LogP contribution is 2.29. The van der Waals surface area contributed by atoms with Crippen molar-refractivity contribution < 1.29 is 29.4 Å². The van der Waals surface area contributed by atoms with Gasteiger partial charge in [-0.25, -0.2) is 4.79 Å². The predicted molar refractivity (Wildman–Crippen MR) is 126 cm³/mol. The lowest BCUT2D eigenvalue weighted by Crippen LogP contribution is -2.33. The Hall–Kier alpha value is -3.29. The van der Waals surface area contributed by atoms with Gasteiger partial charge in [0.15, 0.2) is 6.61 Å². The Morgan fingerprint density at radius 2 is 1.97 bits per heavy atom. The summed E-state index contributed by atoms with van der Waals surface area (Å²) in [6.45, 7) is 8.47. The number of benzene rings is 1. The number of phenols is 2. The summed E-state index contributed by atoms with van der Waals surface area (Å²) >= 11 is 0. The van der Waals surface area contributed by atoms with Gasteiger partial charge in [-0.05, 0) is 58.2 Å². The number of rotatable bonds is 5. The molecule has 0 saturated heterocycles. The highest BCUT2D eigenvalue weighted by molar-refractivity contribution is 6.01. The molecule has 2 N–H and O–H groups in total. The molecule has 2 rings (SSSR count). The number of carbonyl (C=O) groups is 2. The molecule has 33 heavy (non-hydrogen) atoms. The molecule has 1 aromatic carbocycles. The first-order valence-corrected chi connectivity index (χ1v) is 11.3. The van der Waals surface area contributed by atoms with E-state index in [1.165, 1.54) is 6.07 Å². The van der Waals surface area contributed by atoms with Crippen LogP contribution >= 0.6 is 0 Å². The fraction of sp³-hybridized carbons (Fsp3) is 0.480. The molecule has 180 valence electrons. The van der Waals surface area contributed by atoms with E-state index in [4.69, 9.17) is 9.57 Å². The zero-order valence-corrected chi connectivity index (χ0v) is 19.8. The van der Waals surface area contributed by atoms with Crippen LogP contribution < -0.4 is 0 Å². The maximum Gasteiger partial charge on any atom is 0.342 e. The van der Waals surface area contributed by atoms with Crippen molar-refractivity contribution in [3.63, 3.8) is 0 Å².